The maximum absolute atomic E-state index is 5.66. The maximum atomic E-state index is 5.66. The molecule has 1 saturated heterocycles. The summed E-state index contributed by atoms with van der Waals surface area (Å²) in [6.45, 7) is 8.25. The fraction of sp³-hybridized carbons (Fsp3) is 1.00. The van der Waals surface area contributed by atoms with Crippen molar-refractivity contribution in [1.29, 1.82) is 0 Å². The highest BCUT2D eigenvalue weighted by Gasteiger charge is 2.51. The number of nitrogens with zero attached hydrogens (tertiary/aromatic N) is 1. The molecule has 0 unspecified atom stereocenters. The van der Waals surface area contributed by atoms with Gasteiger partial charge in [0, 0.05) is 20.3 Å². The fourth-order valence-corrected chi connectivity index (χ4v) is 10.3. The van der Waals surface area contributed by atoms with Gasteiger partial charge in [0.25, 0.3) is 0 Å². The predicted molar refractivity (Wildman–Crippen MR) is 59.2 cm³/mol. The first kappa shape index (κ1) is 11.4. The molecule has 0 amide bonds. The van der Waals surface area contributed by atoms with E-state index in [1.54, 1.807) is 14.2 Å². The van der Waals surface area contributed by atoms with E-state index in [4.69, 9.17) is 8.85 Å². The van der Waals surface area contributed by atoms with E-state index in [9.17, 15) is 0 Å². The molecule has 0 spiro atoms. The first-order chi connectivity index (χ1) is 5.96. The quantitative estimate of drug-likeness (QED) is 0.675. The largest absolute Gasteiger partial charge is 0.420 e. The van der Waals surface area contributed by atoms with Crippen molar-refractivity contribution in [3.05, 3.63) is 0 Å². The maximum Gasteiger partial charge on any atom is 0.420 e. The second-order valence-corrected chi connectivity index (χ2v) is 13.2. The SMILES string of the molecule is CO[Si]1(OC)CCCN1[Si](C)(C)C. The molecular formula is C8H21NO2Si2. The molecule has 1 aliphatic heterocycles. The Balaban J connectivity index is 2.84. The summed E-state index contributed by atoms with van der Waals surface area (Å²) >= 11 is 0. The van der Waals surface area contributed by atoms with Crippen molar-refractivity contribution in [3.63, 3.8) is 0 Å². The fourth-order valence-electron chi connectivity index (χ4n) is 2.12. The Morgan fingerprint density at radius 3 is 2.00 bits per heavy atom. The van der Waals surface area contributed by atoms with E-state index in [2.05, 4.69) is 23.9 Å². The highest BCUT2D eigenvalue weighted by atomic mass is 28.4. The average molecular weight is 219 g/mol. The van der Waals surface area contributed by atoms with E-state index in [0.717, 1.165) is 6.04 Å². The summed E-state index contributed by atoms with van der Waals surface area (Å²) in [6.07, 6.45) is 1.23. The van der Waals surface area contributed by atoms with Gasteiger partial charge >= 0.3 is 8.72 Å². The first-order valence-corrected chi connectivity index (χ1v) is 10.3. The molecule has 1 heterocycles. The summed E-state index contributed by atoms with van der Waals surface area (Å²) in [5.41, 5.74) is 0. The van der Waals surface area contributed by atoms with Gasteiger partial charge in [0.05, 0.1) is 0 Å². The minimum Gasteiger partial charge on any atom is -0.386 e. The van der Waals surface area contributed by atoms with Crippen LogP contribution in [0.25, 0.3) is 0 Å². The van der Waals surface area contributed by atoms with Gasteiger partial charge in [-0.25, -0.2) is 0 Å². The lowest BCUT2D eigenvalue weighted by Crippen LogP contribution is -2.62. The Hall–Kier alpha value is 0.314. The minimum atomic E-state index is -1.95. The molecule has 1 fully saturated rings. The molecule has 78 valence electrons. The van der Waals surface area contributed by atoms with Crippen molar-refractivity contribution in [2.45, 2.75) is 32.1 Å². The number of hydrogen-bond donors (Lipinski definition) is 0. The van der Waals surface area contributed by atoms with E-state index >= 15 is 0 Å². The summed E-state index contributed by atoms with van der Waals surface area (Å²) in [5, 5.41) is 0. The molecule has 0 atom stereocenters. The van der Waals surface area contributed by atoms with Gasteiger partial charge in [-0.2, -0.15) is 0 Å². The minimum absolute atomic E-state index is 1.13. The zero-order valence-electron chi connectivity index (χ0n) is 9.39. The molecule has 1 rings (SSSR count). The molecule has 0 radical (unpaired) electrons. The van der Waals surface area contributed by atoms with Gasteiger partial charge in [-0.3, -0.25) is 0 Å². The second kappa shape index (κ2) is 3.82. The van der Waals surface area contributed by atoms with Crippen LogP contribution in [0.15, 0.2) is 0 Å². The lowest BCUT2D eigenvalue weighted by atomic mass is 10.5. The summed E-state index contributed by atoms with van der Waals surface area (Å²) in [4.78, 5) is 0. The Bertz CT molecular complexity index is 177. The van der Waals surface area contributed by atoms with Crippen LogP contribution < -0.4 is 0 Å². The van der Waals surface area contributed by atoms with Gasteiger partial charge in [0.2, 0.25) is 0 Å². The Morgan fingerprint density at radius 1 is 1.15 bits per heavy atom. The molecule has 0 saturated carbocycles. The molecule has 0 aliphatic carbocycles. The molecule has 3 nitrogen and oxygen atoms in total. The zero-order chi connectivity index (χ0) is 10.1. The Labute approximate surface area is 83.4 Å². The Kier molecular flexibility index (Phi) is 3.35. The molecule has 5 heteroatoms. The van der Waals surface area contributed by atoms with Crippen LogP contribution in [0.4, 0.5) is 0 Å². The van der Waals surface area contributed by atoms with E-state index in [1.807, 2.05) is 0 Å². The van der Waals surface area contributed by atoms with Crippen molar-refractivity contribution in [3.8, 4) is 0 Å². The van der Waals surface area contributed by atoms with Gasteiger partial charge in [-0.15, -0.1) is 0 Å². The van der Waals surface area contributed by atoms with Crippen LogP contribution >= 0.6 is 0 Å². The molecule has 1 aliphatic rings. The molecule has 0 aromatic carbocycles. The molecule has 0 N–H and O–H groups in total. The predicted octanol–water partition coefficient (Wildman–Crippen LogP) is 1.76. The van der Waals surface area contributed by atoms with Crippen molar-refractivity contribution < 1.29 is 8.85 Å². The summed E-state index contributed by atoms with van der Waals surface area (Å²) in [7, 11) is 0.393. The summed E-state index contributed by atoms with van der Waals surface area (Å²) in [6, 6.07) is 1.13. The zero-order valence-corrected chi connectivity index (χ0v) is 11.4. The van der Waals surface area contributed by atoms with Gasteiger partial charge in [0.1, 0.15) is 8.24 Å². The third kappa shape index (κ3) is 2.04. The second-order valence-electron chi connectivity index (χ2n) is 4.55. The van der Waals surface area contributed by atoms with E-state index in [1.165, 1.54) is 13.0 Å². The first-order valence-electron chi connectivity index (χ1n) is 4.84. The third-order valence-corrected chi connectivity index (χ3v) is 10.9. The van der Waals surface area contributed by atoms with Crippen LogP contribution in [0.3, 0.4) is 0 Å². The highest BCUT2D eigenvalue weighted by molar-refractivity contribution is 6.86. The highest BCUT2D eigenvalue weighted by Crippen LogP contribution is 2.31. The lowest BCUT2D eigenvalue weighted by Gasteiger charge is -2.40. The van der Waals surface area contributed by atoms with Crippen molar-refractivity contribution in [2.24, 2.45) is 0 Å². The van der Waals surface area contributed by atoms with E-state index < -0.39 is 17.0 Å². The lowest BCUT2D eigenvalue weighted by molar-refractivity contribution is 0.211. The van der Waals surface area contributed by atoms with Crippen molar-refractivity contribution in [2.75, 3.05) is 20.8 Å². The smallest absolute Gasteiger partial charge is 0.386 e. The molecule has 0 bridgehead atoms. The number of hydrogen-bond acceptors (Lipinski definition) is 3. The monoisotopic (exact) mass is 219 g/mol. The van der Waals surface area contributed by atoms with Gasteiger partial charge in [0.15, 0.2) is 0 Å². The van der Waals surface area contributed by atoms with Gasteiger partial charge < -0.3 is 13.1 Å². The van der Waals surface area contributed by atoms with E-state index in [0.29, 0.717) is 0 Å². The van der Waals surface area contributed by atoms with Crippen LogP contribution in [0.5, 0.6) is 0 Å². The van der Waals surface area contributed by atoms with Crippen LogP contribution in [-0.2, 0) is 8.85 Å². The molecular weight excluding hydrogens is 198 g/mol. The van der Waals surface area contributed by atoms with Crippen molar-refractivity contribution in [1.82, 2.24) is 4.23 Å². The normalized spacial score (nSPS) is 23.8. The topological polar surface area (TPSA) is 21.7 Å². The van der Waals surface area contributed by atoms with E-state index in [-0.39, 0.29) is 0 Å². The average Bonchev–Trinajstić information content (AvgIpc) is 2.47. The molecule has 0 aromatic rings. The Morgan fingerprint density at radius 2 is 1.69 bits per heavy atom. The standard InChI is InChI=1S/C8H21NO2Si2/c1-10-13(11-2)8-6-7-9(13)12(3,4)5/h6-8H2,1-5H3. The number of rotatable bonds is 3. The van der Waals surface area contributed by atoms with Crippen LogP contribution in [0.1, 0.15) is 6.42 Å². The summed E-state index contributed by atoms with van der Waals surface area (Å²) in [5.74, 6) is 0. The van der Waals surface area contributed by atoms with Gasteiger partial charge in [-0.05, 0) is 13.0 Å². The van der Waals surface area contributed by atoms with Crippen molar-refractivity contribution >= 4 is 17.0 Å². The summed E-state index contributed by atoms with van der Waals surface area (Å²) < 4.78 is 13.9. The van der Waals surface area contributed by atoms with Crippen LogP contribution in [0.2, 0.25) is 25.7 Å². The van der Waals surface area contributed by atoms with Gasteiger partial charge in [-0.1, -0.05) is 19.6 Å². The van der Waals surface area contributed by atoms with Crippen LogP contribution in [0, 0.1) is 0 Å². The molecule has 0 aromatic heterocycles. The third-order valence-electron chi connectivity index (χ3n) is 2.73. The van der Waals surface area contributed by atoms with Crippen LogP contribution in [-0.4, -0.2) is 42.0 Å². The molecule has 13 heavy (non-hydrogen) atoms.